The second-order valence-electron chi connectivity index (χ2n) is 6.31. The Morgan fingerprint density at radius 2 is 1.73 bits per heavy atom. The highest BCUT2D eigenvalue weighted by atomic mass is 35.5. The summed E-state index contributed by atoms with van der Waals surface area (Å²) < 4.78 is 54.4. The van der Waals surface area contributed by atoms with Crippen molar-refractivity contribution in [3.05, 3.63) is 24.3 Å². The molecule has 0 aromatic heterocycles. The van der Waals surface area contributed by atoms with E-state index in [1.54, 1.807) is 13.8 Å². The highest BCUT2D eigenvalue weighted by molar-refractivity contribution is 7.90. The molecule has 1 aromatic carbocycles. The normalized spacial score (nSPS) is 21.4. The van der Waals surface area contributed by atoms with Crippen LogP contribution in [0.4, 0.5) is 0 Å². The topological polar surface area (TPSA) is 110 Å². The van der Waals surface area contributed by atoms with Crippen molar-refractivity contribution in [1.82, 2.24) is 9.03 Å². The zero-order valence-corrected chi connectivity index (χ0v) is 17.5. The lowest BCUT2D eigenvalue weighted by molar-refractivity contribution is 0.371. The summed E-state index contributed by atoms with van der Waals surface area (Å²) in [5, 5.41) is 0. The lowest BCUT2D eigenvalue weighted by Crippen LogP contribution is -2.42. The molecule has 2 atom stereocenters. The molecule has 10 heteroatoms. The number of halogens is 1. The predicted molar refractivity (Wildman–Crippen MR) is 104 cm³/mol. The summed E-state index contributed by atoms with van der Waals surface area (Å²) in [5.41, 5.74) is 5.91. The number of hydrogen-bond donors (Lipinski definition) is 2. The van der Waals surface area contributed by atoms with Gasteiger partial charge in [0.05, 0.1) is 9.79 Å². The quantitative estimate of drug-likeness (QED) is 0.690. The Morgan fingerprint density at radius 1 is 1.12 bits per heavy atom. The smallest absolute Gasteiger partial charge is 0.243 e. The van der Waals surface area contributed by atoms with E-state index in [2.05, 4.69) is 4.72 Å². The van der Waals surface area contributed by atoms with E-state index in [0.29, 0.717) is 19.5 Å². The zero-order chi connectivity index (χ0) is 18.7. The summed E-state index contributed by atoms with van der Waals surface area (Å²) in [6.45, 7) is 4.15. The van der Waals surface area contributed by atoms with E-state index in [0.717, 1.165) is 19.3 Å². The van der Waals surface area contributed by atoms with Gasteiger partial charge in [-0.25, -0.2) is 21.6 Å². The number of nitrogens with one attached hydrogen (secondary N) is 1. The molecule has 7 nitrogen and oxygen atoms in total. The highest BCUT2D eigenvalue weighted by Crippen LogP contribution is 2.22. The molecule has 150 valence electrons. The fourth-order valence-corrected chi connectivity index (χ4v) is 6.04. The maximum atomic E-state index is 12.6. The van der Waals surface area contributed by atoms with Crippen LogP contribution in [0.2, 0.25) is 0 Å². The second kappa shape index (κ2) is 9.48. The van der Waals surface area contributed by atoms with Gasteiger partial charge in [0.1, 0.15) is 0 Å². The first kappa shape index (κ1) is 23.3. The molecule has 1 aromatic rings. The average molecular weight is 426 g/mol. The number of nitrogens with two attached hydrogens (primary N) is 1. The minimum atomic E-state index is -3.79. The van der Waals surface area contributed by atoms with E-state index < -0.39 is 20.0 Å². The summed E-state index contributed by atoms with van der Waals surface area (Å²) in [6.07, 6.45) is 3.11. The highest BCUT2D eigenvalue weighted by Gasteiger charge is 2.27. The summed E-state index contributed by atoms with van der Waals surface area (Å²) >= 11 is 0. The third kappa shape index (κ3) is 5.40. The molecule has 1 saturated carbocycles. The average Bonchev–Trinajstić information content (AvgIpc) is 2.55. The van der Waals surface area contributed by atoms with Gasteiger partial charge in [0, 0.05) is 25.2 Å². The first-order chi connectivity index (χ1) is 11.7. The van der Waals surface area contributed by atoms with Crippen molar-refractivity contribution in [2.75, 3.05) is 13.1 Å². The van der Waals surface area contributed by atoms with Crippen molar-refractivity contribution in [2.24, 2.45) is 5.73 Å². The third-order valence-electron chi connectivity index (χ3n) is 4.50. The molecule has 26 heavy (non-hydrogen) atoms. The molecule has 1 aliphatic rings. The molecule has 0 heterocycles. The fraction of sp³-hybridized carbons (Fsp3) is 0.625. The first-order valence-corrected chi connectivity index (χ1v) is 11.5. The van der Waals surface area contributed by atoms with E-state index in [-0.39, 0.29) is 34.3 Å². The lowest BCUT2D eigenvalue weighted by Gasteiger charge is -2.27. The molecular formula is C16H28ClN3O4S2. The SMILES string of the molecule is CCN(CC)S(=O)(=O)c1cccc(S(=O)(=O)NC2CCCC(N)C2)c1.Cl. The minimum absolute atomic E-state index is 0. The van der Waals surface area contributed by atoms with Crippen LogP contribution < -0.4 is 10.5 Å². The molecule has 0 saturated heterocycles. The molecule has 3 N–H and O–H groups in total. The van der Waals surface area contributed by atoms with Gasteiger partial charge < -0.3 is 5.73 Å². The van der Waals surface area contributed by atoms with Crippen LogP contribution in [0.1, 0.15) is 39.5 Å². The molecule has 0 bridgehead atoms. The van der Waals surface area contributed by atoms with Crippen molar-refractivity contribution in [2.45, 2.75) is 61.4 Å². The van der Waals surface area contributed by atoms with Crippen LogP contribution in [-0.4, -0.2) is 46.3 Å². The lowest BCUT2D eigenvalue weighted by atomic mass is 9.92. The standard InChI is InChI=1S/C16H27N3O4S2.ClH/c1-3-19(4-2)25(22,23)16-10-6-9-15(12-16)24(20,21)18-14-8-5-7-13(17)11-14;/h6,9-10,12-14,18H,3-5,7-8,11,17H2,1-2H3;1H. The van der Waals surface area contributed by atoms with E-state index in [1.807, 2.05) is 0 Å². The van der Waals surface area contributed by atoms with E-state index in [1.165, 1.54) is 28.6 Å². The molecular weight excluding hydrogens is 398 g/mol. The first-order valence-electron chi connectivity index (χ1n) is 8.58. The van der Waals surface area contributed by atoms with Crippen LogP contribution in [0.25, 0.3) is 0 Å². The van der Waals surface area contributed by atoms with Crippen molar-refractivity contribution < 1.29 is 16.8 Å². The molecule has 0 radical (unpaired) electrons. The molecule has 1 aliphatic carbocycles. The van der Waals surface area contributed by atoms with Gasteiger partial charge in [-0.05, 0) is 37.5 Å². The monoisotopic (exact) mass is 425 g/mol. The van der Waals surface area contributed by atoms with Crippen molar-refractivity contribution in [1.29, 1.82) is 0 Å². The Balaban J connectivity index is 0.00000338. The summed E-state index contributed by atoms with van der Waals surface area (Å²) in [5.74, 6) is 0. The Hall–Kier alpha value is -0.710. The Labute approximate surface area is 162 Å². The number of rotatable bonds is 7. The predicted octanol–water partition coefficient (Wildman–Crippen LogP) is 1.69. The Bertz CT molecular complexity index is 795. The second-order valence-corrected chi connectivity index (χ2v) is 9.96. The van der Waals surface area contributed by atoms with Crippen LogP contribution in [0, 0.1) is 0 Å². The summed E-state index contributed by atoms with van der Waals surface area (Å²) in [7, 11) is -7.50. The Morgan fingerprint density at radius 3 is 2.31 bits per heavy atom. The van der Waals surface area contributed by atoms with Crippen LogP contribution in [0.5, 0.6) is 0 Å². The van der Waals surface area contributed by atoms with E-state index in [4.69, 9.17) is 5.73 Å². The number of sulfonamides is 2. The van der Waals surface area contributed by atoms with Crippen molar-refractivity contribution in [3.63, 3.8) is 0 Å². The van der Waals surface area contributed by atoms with Gasteiger partial charge in [0.2, 0.25) is 20.0 Å². The third-order valence-corrected chi connectivity index (χ3v) is 8.06. The fourth-order valence-electron chi connectivity index (χ4n) is 3.14. The number of benzene rings is 1. The number of nitrogens with zero attached hydrogens (tertiary/aromatic N) is 1. The minimum Gasteiger partial charge on any atom is -0.328 e. The Kier molecular flexibility index (Phi) is 8.50. The van der Waals surface area contributed by atoms with Gasteiger partial charge in [0.25, 0.3) is 0 Å². The molecule has 2 unspecified atom stereocenters. The van der Waals surface area contributed by atoms with Crippen molar-refractivity contribution in [3.8, 4) is 0 Å². The molecule has 0 spiro atoms. The van der Waals surface area contributed by atoms with Crippen LogP contribution in [-0.2, 0) is 20.0 Å². The maximum Gasteiger partial charge on any atom is 0.243 e. The molecule has 2 rings (SSSR count). The van der Waals surface area contributed by atoms with Crippen LogP contribution in [0.3, 0.4) is 0 Å². The van der Waals surface area contributed by atoms with Gasteiger partial charge in [-0.3, -0.25) is 0 Å². The van der Waals surface area contributed by atoms with Gasteiger partial charge in [0.15, 0.2) is 0 Å². The summed E-state index contributed by atoms with van der Waals surface area (Å²) in [6, 6.07) is 5.29. The largest absolute Gasteiger partial charge is 0.328 e. The van der Waals surface area contributed by atoms with E-state index in [9.17, 15) is 16.8 Å². The van der Waals surface area contributed by atoms with Crippen LogP contribution in [0.15, 0.2) is 34.1 Å². The summed E-state index contributed by atoms with van der Waals surface area (Å²) in [4.78, 5) is -0.0562. The number of hydrogen-bond acceptors (Lipinski definition) is 5. The van der Waals surface area contributed by atoms with Gasteiger partial charge in [-0.2, -0.15) is 4.31 Å². The molecule has 0 amide bonds. The maximum absolute atomic E-state index is 12.6. The molecule has 1 fully saturated rings. The van der Waals surface area contributed by atoms with Gasteiger partial charge in [-0.15, -0.1) is 12.4 Å². The van der Waals surface area contributed by atoms with Gasteiger partial charge in [-0.1, -0.05) is 26.3 Å². The van der Waals surface area contributed by atoms with Crippen molar-refractivity contribution >= 4 is 32.5 Å². The van der Waals surface area contributed by atoms with Gasteiger partial charge >= 0.3 is 0 Å². The zero-order valence-electron chi connectivity index (χ0n) is 15.1. The van der Waals surface area contributed by atoms with Crippen LogP contribution >= 0.6 is 12.4 Å². The molecule has 0 aliphatic heterocycles. The van der Waals surface area contributed by atoms with E-state index >= 15 is 0 Å².